The van der Waals surface area contributed by atoms with Crippen molar-refractivity contribution in [3.05, 3.63) is 51.5 Å². The first-order valence-corrected chi connectivity index (χ1v) is 11.4. The zero-order valence-corrected chi connectivity index (χ0v) is 20.8. The number of anilines is 1. The smallest absolute Gasteiger partial charge is 0.335 e. The third kappa shape index (κ3) is 4.72. The Kier molecular flexibility index (Phi) is 6.79. The molecule has 1 fully saturated rings. The molecule has 0 atom stereocenters. The van der Waals surface area contributed by atoms with Gasteiger partial charge in [-0.05, 0) is 48.4 Å². The Labute approximate surface area is 209 Å². The van der Waals surface area contributed by atoms with Crippen molar-refractivity contribution in [3.63, 3.8) is 0 Å². The van der Waals surface area contributed by atoms with Crippen LogP contribution >= 0.6 is 15.9 Å². The highest BCUT2D eigenvalue weighted by Gasteiger charge is 2.37. The van der Waals surface area contributed by atoms with E-state index in [2.05, 4.69) is 21.2 Å². The first kappa shape index (κ1) is 24.3. The summed E-state index contributed by atoms with van der Waals surface area (Å²) in [5.41, 5.74) is 1.12. The van der Waals surface area contributed by atoms with Gasteiger partial charge in [-0.2, -0.15) is 0 Å². The lowest BCUT2D eigenvalue weighted by Crippen LogP contribution is -2.54. The number of nitrogens with one attached hydrogen (secondary N) is 1. The van der Waals surface area contributed by atoms with E-state index < -0.39 is 17.8 Å². The molecule has 5 amide bonds. The van der Waals surface area contributed by atoms with Gasteiger partial charge < -0.3 is 19.1 Å². The highest BCUT2D eigenvalue weighted by atomic mass is 79.9. The van der Waals surface area contributed by atoms with Crippen molar-refractivity contribution in [1.29, 1.82) is 0 Å². The van der Waals surface area contributed by atoms with E-state index in [0.717, 1.165) is 9.37 Å². The van der Waals surface area contributed by atoms with Crippen LogP contribution < -0.4 is 24.4 Å². The van der Waals surface area contributed by atoms with Crippen LogP contribution in [0.5, 0.6) is 17.2 Å². The molecule has 35 heavy (non-hydrogen) atoms. The highest BCUT2D eigenvalue weighted by Crippen LogP contribution is 2.46. The summed E-state index contributed by atoms with van der Waals surface area (Å²) < 4.78 is 17.4. The topological polar surface area (TPSA) is 114 Å². The number of rotatable bonds is 6. The molecule has 0 unspecified atom stereocenters. The van der Waals surface area contributed by atoms with Crippen molar-refractivity contribution in [1.82, 2.24) is 10.2 Å². The maximum Gasteiger partial charge on any atom is 0.335 e. The molecule has 182 valence electrons. The molecule has 2 heterocycles. The van der Waals surface area contributed by atoms with Crippen molar-refractivity contribution in [3.8, 4) is 17.2 Å². The molecule has 1 saturated heterocycles. The Morgan fingerprint density at radius 1 is 1.23 bits per heavy atom. The Balaban J connectivity index is 1.80. The number of nitrogens with zero attached hydrogens (tertiary/aromatic N) is 2. The number of carbonyl (C=O) groups excluding carboxylic acids is 4. The Bertz CT molecular complexity index is 1260. The molecular weight excluding hydrogens is 522 g/mol. The van der Waals surface area contributed by atoms with Gasteiger partial charge in [0.1, 0.15) is 5.57 Å². The second kappa shape index (κ2) is 9.79. The molecule has 0 saturated carbocycles. The Morgan fingerprint density at radius 2 is 1.94 bits per heavy atom. The number of methoxy groups -OCH3 is 1. The van der Waals surface area contributed by atoms with Crippen LogP contribution in [0, 0.1) is 0 Å². The average molecular weight is 544 g/mol. The summed E-state index contributed by atoms with van der Waals surface area (Å²) in [6.07, 6.45) is 1.76. The number of barbiturate groups is 1. The standard InChI is InChI=1S/C24H22BrN3O7/c1-13(29)27(2)9-8-14-10-19-21(35-12-34-19)20(33-3)17(14)11-18-22(30)26-24(32)28(23(18)31)16-6-4-15(25)5-7-16/h4-7,10-11H,8-9,12H2,1-3H3,(H,26,30,32)/b18-11+. The molecule has 0 bridgehead atoms. The van der Waals surface area contributed by atoms with E-state index in [4.69, 9.17) is 14.2 Å². The quantitative estimate of drug-likeness (QED) is 0.440. The van der Waals surface area contributed by atoms with Crippen LogP contribution in [0.2, 0.25) is 0 Å². The fourth-order valence-electron chi connectivity index (χ4n) is 3.72. The van der Waals surface area contributed by atoms with Crippen molar-refractivity contribution in [2.45, 2.75) is 13.3 Å². The number of hydrogen-bond acceptors (Lipinski definition) is 7. The van der Waals surface area contributed by atoms with E-state index in [1.54, 1.807) is 42.3 Å². The summed E-state index contributed by atoms with van der Waals surface area (Å²) in [6.45, 7) is 1.82. The van der Waals surface area contributed by atoms with Crippen LogP contribution in [-0.4, -0.2) is 56.1 Å². The number of likely N-dealkylation sites (N-methyl/N-ethyl adjacent to an activating group) is 1. The lowest BCUT2D eigenvalue weighted by atomic mass is 9.98. The van der Waals surface area contributed by atoms with Crippen molar-refractivity contribution >= 4 is 51.4 Å². The zero-order valence-electron chi connectivity index (χ0n) is 19.2. The zero-order chi connectivity index (χ0) is 25.3. The summed E-state index contributed by atoms with van der Waals surface area (Å²) >= 11 is 3.32. The molecule has 2 aromatic rings. The predicted octanol–water partition coefficient (Wildman–Crippen LogP) is 2.87. The molecule has 2 aromatic carbocycles. The number of halogens is 1. The van der Waals surface area contributed by atoms with Crippen LogP contribution in [0.4, 0.5) is 10.5 Å². The lowest BCUT2D eigenvalue weighted by Gasteiger charge is -2.26. The minimum absolute atomic E-state index is 0.0101. The second-order valence-electron chi connectivity index (χ2n) is 7.84. The number of amides is 5. The molecule has 0 spiro atoms. The van der Waals surface area contributed by atoms with Crippen LogP contribution in [0.25, 0.3) is 6.08 Å². The number of carbonyl (C=O) groups is 4. The minimum atomic E-state index is -0.847. The van der Waals surface area contributed by atoms with Gasteiger partial charge in [-0.15, -0.1) is 0 Å². The first-order valence-electron chi connectivity index (χ1n) is 10.6. The lowest BCUT2D eigenvalue weighted by molar-refractivity contribution is -0.127. The third-order valence-electron chi connectivity index (χ3n) is 5.68. The molecule has 2 aliphatic heterocycles. The van der Waals surface area contributed by atoms with Gasteiger partial charge in [-0.1, -0.05) is 15.9 Å². The molecule has 11 heteroatoms. The average Bonchev–Trinajstić information content (AvgIpc) is 3.29. The number of hydrogen-bond donors (Lipinski definition) is 1. The van der Waals surface area contributed by atoms with Gasteiger partial charge in [0.15, 0.2) is 11.5 Å². The number of urea groups is 1. The van der Waals surface area contributed by atoms with E-state index >= 15 is 0 Å². The van der Waals surface area contributed by atoms with Crippen LogP contribution in [0.3, 0.4) is 0 Å². The maximum absolute atomic E-state index is 13.4. The number of imide groups is 2. The van der Waals surface area contributed by atoms with Gasteiger partial charge in [0.25, 0.3) is 11.8 Å². The van der Waals surface area contributed by atoms with Crippen molar-refractivity contribution in [2.75, 3.05) is 32.4 Å². The van der Waals surface area contributed by atoms with Crippen LogP contribution in [-0.2, 0) is 20.8 Å². The fraction of sp³-hybridized carbons (Fsp3) is 0.250. The van der Waals surface area contributed by atoms with Crippen LogP contribution in [0.15, 0.2) is 40.4 Å². The first-order chi connectivity index (χ1) is 16.7. The second-order valence-corrected chi connectivity index (χ2v) is 8.76. The number of ether oxygens (including phenoxy) is 3. The summed E-state index contributed by atoms with van der Waals surface area (Å²) in [7, 11) is 3.11. The highest BCUT2D eigenvalue weighted by molar-refractivity contribution is 9.10. The van der Waals surface area contributed by atoms with Crippen molar-refractivity contribution < 1.29 is 33.4 Å². The molecule has 10 nitrogen and oxygen atoms in total. The summed E-state index contributed by atoms with van der Waals surface area (Å²) in [5.74, 6) is -0.653. The molecule has 0 aromatic heterocycles. The summed E-state index contributed by atoms with van der Waals surface area (Å²) in [5, 5.41) is 2.22. The van der Waals surface area contributed by atoms with Gasteiger partial charge in [0.2, 0.25) is 18.4 Å². The van der Waals surface area contributed by atoms with Gasteiger partial charge in [-0.3, -0.25) is 19.7 Å². The SMILES string of the molecule is COc1c(/C=C2\C(=O)NC(=O)N(c3ccc(Br)cc3)C2=O)c(CCN(C)C(C)=O)cc2c1OCO2. The minimum Gasteiger partial charge on any atom is -0.492 e. The summed E-state index contributed by atoms with van der Waals surface area (Å²) in [4.78, 5) is 52.7. The predicted molar refractivity (Wildman–Crippen MR) is 129 cm³/mol. The Hall–Kier alpha value is -3.86. The van der Waals surface area contributed by atoms with Crippen molar-refractivity contribution in [2.24, 2.45) is 0 Å². The number of benzene rings is 2. The maximum atomic E-state index is 13.4. The van der Waals surface area contributed by atoms with E-state index in [9.17, 15) is 19.2 Å². The fourth-order valence-corrected chi connectivity index (χ4v) is 3.98. The number of fused-ring (bicyclic) bond motifs is 1. The van der Waals surface area contributed by atoms with Crippen LogP contribution in [0.1, 0.15) is 18.1 Å². The van der Waals surface area contributed by atoms with Gasteiger partial charge in [-0.25, -0.2) is 9.69 Å². The monoisotopic (exact) mass is 543 g/mol. The molecular formula is C24H22BrN3O7. The molecule has 1 N–H and O–H groups in total. The Morgan fingerprint density at radius 3 is 2.60 bits per heavy atom. The summed E-state index contributed by atoms with van der Waals surface area (Å²) in [6, 6.07) is 7.41. The molecule has 0 radical (unpaired) electrons. The van der Waals surface area contributed by atoms with Gasteiger partial charge in [0, 0.05) is 30.6 Å². The van der Waals surface area contributed by atoms with E-state index in [0.29, 0.717) is 41.3 Å². The third-order valence-corrected chi connectivity index (χ3v) is 6.21. The molecule has 0 aliphatic carbocycles. The van der Waals surface area contributed by atoms with Gasteiger partial charge in [0.05, 0.1) is 12.8 Å². The van der Waals surface area contributed by atoms with Gasteiger partial charge >= 0.3 is 6.03 Å². The van der Waals surface area contributed by atoms with E-state index in [1.165, 1.54) is 20.1 Å². The van der Waals surface area contributed by atoms with E-state index in [-0.39, 0.29) is 24.0 Å². The molecule has 4 rings (SSSR count). The normalized spacial score (nSPS) is 15.9. The molecule has 2 aliphatic rings. The largest absolute Gasteiger partial charge is 0.492 e. The van der Waals surface area contributed by atoms with E-state index in [1.807, 2.05) is 0 Å².